The van der Waals surface area contributed by atoms with E-state index in [-0.39, 0.29) is 5.97 Å². The lowest BCUT2D eigenvalue weighted by molar-refractivity contribution is -0.136. The Balaban J connectivity index is 0. The Morgan fingerprint density at radius 2 is 1.69 bits per heavy atom. The molecule has 0 bridgehead atoms. The fourth-order valence-electron chi connectivity index (χ4n) is 0.258. The quantitative estimate of drug-likeness (QED) is 0.478. The summed E-state index contributed by atoms with van der Waals surface area (Å²) in [6, 6.07) is 0. The topological polar surface area (TPSA) is 52.6 Å². The third kappa shape index (κ3) is 10.4. The molecule has 0 amide bonds. The van der Waals surface area contributed by atoms with E-state index in [0.29, 0.717) is 5.57 Å². The summed E-state index contributed by atoms with van der Waals surface area (Å²) < 4.78 is 8.42. The average Bonchev–Trinajstić information content (AvgIpc) is 2.16. The van der Waals surface area contributed by atoms with Crippen LogP contribution in [0, 0.1) is 0 Å². The summed E-state index contributed by atoms with van der Waals surface area (Å²) in [5, 5.41) is 0. The van der Waals surface area contributed by atoms with Gasteiger partial charge in [-0.3, -0.25) is 0 Å². The molecule has 0 aliphatic heterocycles. The molecule has 0 unspecified atom stereocenters. The zero-order valence-electron chi connectivity index (χ0n) is 8.12. The van der Waals surface area contributed by atoms with Crippen molar-refractivity contribution >= 4 is 11.9 Å². The molecule has 0 aromatic heterocycles. The van der Waals surface area contributed by atoms with E-state index in [1.165, 1.54) is 14.2 Å². The van der Waals surface area contributed by atoms with E-state index in [2.05, 4.69) is 22.6 Å². The largest absolute Gasteiger partial charge is 0.466 e. The fourth-order valence-corrected chi connectivity index (χ4v) is 0.258. The van der Waals surface area contributed by atoms with Crippen molar-refractivity contribution in [2.75, 3.05) is 14.2 Å². The van der Waals surface area contributed by atoms with Gasteiger partial charge in [0.1, 0.15) is 0 Å². The van der Waals surface area contributed by atoms with Gasteiger partial charge >= 0.3 is 11.9 Å². The molecule has 0 rings (SSSR count). The Hall–Kier alpha value is -1.58. The van der Waals surface area contributed by atoms with Crippen molar-refractivity contribution < 1.29 is 19.1 Å². The van der Waals surface area contributed by atoms with Gasteiger partial charge in [-0.15, -0.1) is 0 Å². The predicted molar refractivity (Wildman–Crippen MR) is 49.0 cm³/mol. The minimum atomic E-state index is -0.394. The van der Waals surface area contributed by atoms with E-state index < -0.39 is 5.97 Å². The lowest BCUT2D eigenvalue weighted by atomic mass is 10.4. The number of carbonyl (C=O) groups is 2. The first-order valence-electron chi connectivity index (χ1n) is 3.43. The van der Waals surface area contributed by atoms with E-state index in [9.17, 15) is 9.59 Å². The van der Waals surface area contributed by atoms with Crippen LogP contribution in [0.15, 0.2) is 24.8 Å². The van der Waals surface area contributed by atoms with Crippen LogP contribution in [0.4, 0.5) is 0 Å². The van der Waals surface area contributed by atoms with E-state index in [1.807, 2.05) is 0 Å². The van der Waals surface area contributed by atoms with E-state index in [1.54, 1.807) is 6.92 Å². The Bertz CT molecular complexity index is 206. The van der Waals surface area contributed by atoms with Crippen molar-refractivity contribution in [2.24, 2.45) is 0 Å². The molecule has 0 atom stereocenters. The molecule has 0 aliphatic rings. The summed E-state index contributed by atoms with van der Waals surface area (Å²) in [5.74, 6) is -0.741. The zero-order chi connectivity index (χ0) is 10.9. The normalized spacial score (nSPS) is 7.31. The molecule has 0 fully saturated rings. The van der Waals surface area contributed by atoms with Gasteiger partial charge in [-0.05, 0) is 6.92 Å². The summed E-state index contributed by atoms with van der Waals surface area (Å²) in [6.45, 7) is 8.11. The van der Waals surface area contributed by atoms with Crippen LogP contribution >= 0.6 is 0 Å². The molecule has 0 radical (unpaired) electrons. The Morgan fingerprint density at radius 1 is 1.23 bits per heavy atom. The van der Waals surface area contributed by atoms with Gasteiger partial charge in [0.25, 0.3) is 0 Å². The van der Waals surface area contributed by atoms with Gasteiger partial charge in [0, 0.05) is 11.6 Å². The smallest absolute Gasteiger partial charge is 0.332 e. The Labute approximate surface area is 77.8 Å². The van der Waals surface area contributed by atoms with Gasteiger partial charge in [-0.25, -0.2) is 9.59 Å². The summed E-state index contributed by atoms with van der Waals surface area (Å²) >= 11 is 0. The van der Waals surface area contributed by atoms with Gasteiger partial charge in [0.05, 0.1) is 14.2 Å². The summed E-state index contributed by atoms with van der Waals surface area (Å²) in [7, 11) is 2.64. The second-order valence-electron chi connectivity index (χ2n) is 2.00. The second-order valence-corrected chi connectivity index (χ2v) is 2.00. The van der Waals surface area contributed by atoms with Crippen molar-refractivity contribution in [2.45, 2.75) is 6.92 Å². The molecule has 4 heteroatoms. The van der Waals surface area contributed by atoms with Crippen LogP contribution in [-0.4, -0.2) is 26.2 Å². The van der Waals surface area contributed by atoms with Gasteiger partial charge in [-0.1, -0.05) is 13.2 Å². The first-order chi connectivity index (χ1) is 5.99. The molecule has 0 saturated carbocycles. The highest BCUT2D eigenvalue weighted by atomic mass is 16.5. The van der Waals surface area contributed by atoms with Gasteiger partial charge in [0.2, 0.25) is 0 Å². The van der Waals surface area contributed by atoms with Crippen molar-refractivity contribution in [1.82, 2.24) is 0 Å². The molecule has 0 saturated heterocycles. The monoisotopic (exact) mass is 186 g/mol. The second kappa shape index (κ2) is 8.52. The SMILES string of the molecule is C=C(C)C(=O)OC.C=CC(=O)OC. The molecule has 13 heavy (non-hydrogen) atoms. The number of hydrogen-bond donors (Lipinski definition) is 0. The first kappa shape index (κ1) is 14.0. The average molecular weight is 186 g/mol. The number of carbonyl (C=O) groups excluding carboxylic acids is 2. The van der Waals surface area contributed by atoms with Crippen LogP contribution in [0.1, 0.15) is 6.92 Å². The third-order valence-electron chi connectivity index (χ3n) is 0.902. The predicted octanol–water partition coefficient (Wildman–Crippen LogP) is 1.08. The van der Waals surface area contributed by atoms with Gasteiger partial charge < -0.3 is 9.47 Å². The minimum absolute atomic E-state index is 0.347. The molecule has 0 aromatic rings. The van der Waals surface area contributed by atoms with E-state index in [4.69, 9.17) is 0 Å². The van der Waals surface area contributed by atoms with E-state index >= 15 is 0 Å². The van der Waals surface area contributed by atoms with Crippen LogP contribution in [0.3, 0.4) is 0 Å². The standard InChI is InChI=1S/C5H8O2.C4H6O2/c1-4(2)5(6)7-3;1-3-4(5)6-2/h1H2,2-3H3;3H,1H2,2H3. The van der Waals surface area contributed by atoms with E-state index in [0.717, 1.165) is 6.08 Å². The van der Waals surface area contributed by atoms with Crippen LogP contribution in [0.5, 0.6) is 0 Å². The molecule has 0 spiro atoms. The maximum Gasteiger partial charge on any atom is 0.332 e. The molecular formula is C9H14O4. The third-order valence-corrected chi connectivity index (χ3v) is 0.902. The van der Waals surface area contributed by atoms with Crippen LogP contribution in [-0.2, 0) is 19.1 Å². The Morgan fingerprint density at radius 3 is 1.69 bits per heavy atom. The summed E-state index contributed by atoms with van der Waals surface area (Å²) in [6.07, 6.45) is 1.11. The van der Waals surface area contributed by atoms with Crippen molar-refractivity contribution in [3.8, 4) is 0 Å². The van der Waals surface area contributed by atoms with Crippen LogP contribution in [0.25, 0.3) is 0 Å². The summed E-state index contributed by atoms with van der Waals surface area (Å²) in [4.78, 5) is 20.0. The summed E-state index contributed by atoms with van der Waals surface area (Å²) in [5.41, 5.74) is 0.433. The maximum absolute atomic E-state index is 10.2. The van der Waals surface area contributed by atoms with Crippen molar-refractivity contribution in [3.05, 3.63) is 24.8 Å². The van der Waals surface area contributed by atoms with Crippen molar-refractivity contribution in [3.63, 3.8) is 0 Å². The fraction of sp³-hybridized carbons (Fsp3) is 0.333. The highest BCUT2D eigenvalue weighted by Gasteiger charge is 1.95. The lowest BCUT2D eigenvalue weighted by Crippen LogP contribution is -1.98. The Kier molecular flexibility index (Phi) is 9.15. The molecular weight excluding hydrogens is 172 g/mol. The van der Waals surface area contributed by atoms with Gasteiger partial charge in [-0.2, -0.15) is 0 Å². The molecule has 0 N–H and O–H groups in total. The maximum atomic E-state index is 10.2. The zero-order valence-corrected chi connectivity index (χ0v) is 8.12. The first-order valence-corrected chi connectivity index (χ1v) is 3.43. The molecule has 74 valence electrons. The van der Waals surface area contributed by atoms with Gasteiger partial charge in [0.15, 0.2) is 0 Å². The highest BCUT2D eigenvalue weighted by Crippen LogP contribution is 1.87. The molecule has 0 aromatic carbocycles. The lowest BCUT2D eigenvalue weighted by Gasteiger charge is -1.91. The number of esters is 2. The van der Waals surface area contributed by atoms with Crippen molar-refractivity contribution in [1.29, 1.82) is 0 Å². The number of hydrogen-bond acceptors (Lipinski definition) is 4. The minimum Gasteiger partial charge on any atom is -0.466 e. The molecule has 0 aliphatic carbocycles. The number of rotatable bonds is 2. The molecule has 0 heterocycles. The number of ether oxygens (including phenoxy) is 2. The number of methoxy groups -OCH3 is 2. The molecule has 4 nitrogen and oxygen atoms in total. The van der Waals surface area contributed by atoms with Crippen LogP contribution < -0.4 is 0 Å². The van der Waals surface area contributed by atoms with Crippen LogP contribution in [0.2, 0.25) is 0 Å². The highest BCUT2D eigenvalue weighted by molar-refractivity contribution is 5.86.